The van der Waals surface area contributed by atoms with Crippen molar-refractivity contribution in [3.05, 3.63) is 93.8 Å². The Bertz CT molecular complexity index is 1200. The highest BCUT2D eigenvalue weighted by atomic mass is 35.5. The van der Waals surface area contributed by atoms with Gasteiger partial charge in [0.05, 0.1) is 16.8 Å². The molecule has 0 fully saturated rings. The van der Waals surface area contributed by atoms with E-state index in [9.17, 15) is 18.0 Å². The second-order valence-corrected chi connectivity index (χ2v) is 7.25. The lowest BCUT2D eigenvalue weighted by atomic mass is 9.93. The maximum atomic E-state index is 13.7. The van der Waals surface area contributed by atoms with Crippen molar-refractivity contribution in [2.75, 3.05) is 0 Å². The summed E-state index contributed by atoms with van der Waals surface area (Å²) >= 11 is 6.19. The summed E-state index contributed by atoms with van der Waals surface area (Å²) in [6, 6.07) is 9.97. The number of aromatic amines is 1. The minimum atomic E-state index is -4.63. The molecule has 0 amide bonds. The number of hydrogen-bond donors (Lipinski definition) is 3. The van der Waals surface area contributed by atoms with Crippen molar-refractivity contribution in [2.45, 2.75) is 12.2 Å². The van der Waals surface area contributed by atoms with Gasteiger partial charge in [0.1, 0.15) is 6.04 Å². The fourth-order valence-electron chi connectivity index (χ4n) is 3.32. The molecule has 1 atom stereocenters. The van der Waals surface area contributed by atoms with Crippen LogP contribution in [-0.2, 0) is 11.0 Å². The third-order valence-corrected chi connectivity index (χ3v) is 5.16. The SMILES string of the molecule is O=C(O)c1ccc(N=CC2=C(c3cc[nH]c3)ONC2c2c(Cl)cccc2C(F)(F)F)cc1. The van der Waals surface area contributed by atoms with E-state index < -0.39 is 23.8 Å². The van der Waals surface area contributed by atoms with Crippen molar-refractivity contribution < 1.29 is 27.9 Å². The molecule has 6 nitrogen and oxygen atoms in total. The number of benzene rings is 2. The Morgan fingerprint density at radius 3 is 2.53 bits per heavy atom. The zero-order valence-corrected chi connectivity index (χ0v) is 16.9. The molecule has 3 aromatic rings. The Kier molecular flexibility index (Phi) is 5.77. The second-order valence-electron chi connectivity index (χ2n) is 6.85. The molecule has 1 aromatic heterocycles. The minimum Gasteiger partial charge on any atom is -0.478 e. The number of hydrogen-bond acceptors (Lipinski definition) is 4. The number of aliphatic imine (C=N–C) groups is 1. The van der Waals surface area contributed by atoms with E-state index in [1.807, 2.05) is 0 Å². The van der Waals surface area contributed by atoms with E-state index in [0.717, 1.165) is 6.07 Å². The van der Waals surface area contributed by atoms with Crippen LogP contribution in [0, 0.1) is 0 Å². The quantitative estimate of drug-likeness (QED) is 0.421. The Morgan fingerprint density at radius 1 is 1.16 bits per heavy atom. The highest BCUT2D eigenvalue weighted by Gasteiger charge is 2.40. The summed E-state index contributed by atoms with van der Waals surface area (Å²) < 4.78 is 41.1. The van der Waals surface area contributed by atoms with Crippen LogP contribution in [0.5, 0.6) is 0 Å². The fourth-order valence-corrected chi connectivity index (χ4v) is 3.61. The molecule has 2 heterocycles. The van der Waals surface area contributed by atoms with Gasteiger partial charge >= 0.3 is 12.1 Å². The zero-order valence-electron chi connectivity index (χ0n) is 16.2. The van der Waals surface area contributed by atoms with E-state index in [4.69, 9.17) is 21.5 Å². The molecule has 1 aliphatic heterocycles. The first-order chi connectivity index (χ1) is 15.3. The molecular formula is C22H15ClF3N3O3. The number of halogens is 4. The molecule has 0 bridgehead atoms. The number of H-pyrrole nitrogens is 1. The third kappa shape index (κ3) is 4.25. The summed E-state index contributed by atoms with van der Waals surface area (Å²) in [7, 11) is 0. The van der Waals surface area contributed by atoms with Crippen molar-refractivity contribution in [1.29, 1.82) is 0 Å². The van der Waals surface area contributed by atoms with Gasteiger partial charge in [-0.05, 0) is 42.5 Å². The summed E-state index contributed by atoms with van der Waals surface area (Å²) in [5, 5.41) is 8.94. The molecule has 2 aromatic carbocycles. The van der Waals surface area contributed by atoms with Gasteiger partial charge in [-0.1, -0.05) is 17.7 Å². The van der Waals surface area contributed by atoms with E-state index in [-0.39, 0.29) is 21.9 Å². The van der Waals surface area contributed by atoms with Gasteiger partial charge in [-0.15, -0.1) is 5.48 Å². The Balaban J connectivity index is 1.80. The molecule has 32 heavy (non-hydrogen) atoms. The lowest BCUT2D eigenvalue weighted by Crippen LogP contribution is -2.21. The Morgan fingerprint density at radius 2 is 1.91 bits per heavy atom. The van der Waals surface area contributed by atoms with E-state index in [2.05, 4.69) is 15.5 Å². The molecular weight excluding hydrogens is 447 g/mol. The summed E-state index contributed by atoms with van der Waals surface area (Å²) in [5.74, 6) is -0.792. The first-order valence-electron chi connectivity index (χ1n) is 9.28. The number of rotatable bonds is 5. The molecule has 0 saturated carbocycles. The van der Waals surface area contributed by atoms with Crippen LogP contribution >= 0.6 is 11.6 Å². The first kappa shape index (κ1) is 21.7. The predicted octanol–water partition coefficient (Wildman–Crippen LogP) is 5.77. The van der Waals surface area contributed by atoms with E-state index in [1.54, 1.807) is 18.5 Å². The molecule has 0 spiro atoms. The molecule has 1 aliphatic rings. The van der Waals surface area contributed by atoms with Gasteiger partial charge in [-0.2, -0.15) is 13.2 Å². The summed E-state index contributed by atoms with van der Waals surface area (Å²) in [5.41, 5.74) is 2.98. The van der Waals surface area contributed by atoms with Crippen molar-refractivity contribution in [3.63, 3.8) is 0 Å². The standard InChI is InChI=1S/C22H15ClF3N3O3/c23-17-3-1-2-16(22(24,25)26)18(17)19-15(20(32-29-19)13-8-9-27-10-13)11-28-14-6-4-12(5-7-14)21(30)31/h1-11,19,27,29H,(H,30,31). The van der Waals surface area contributed by atoms with Crippen LogP contribution in [0.4, 0.5) is 18.9 Å². The van der Waals surface area contributed by atoms with Crippen LogP contribution in [0.1, 0.15) is 33.1 Å². The number of carbonyl (C=O) groups is 1. The molecule has 10 heteroatoms. The Labute approximate surface area is 185 Å². The molecule has 0 radical (unpaired) electrons. The highest BCUT2D eigenvalue weighted by Crippen LogP contribution is 2.43. The second kappa shape index (κ2) is 8.52. The van der Waals surface area contributed by atoms with Crippen LogP contribution in [0.25, 0.3) is 5.76 Å². The zero-order chi connectivity index (χ0) is 22.9. The van der Waals surface area contributed by atoms with Crippen molar-refractivity contribution in [2.24, 2.45) is 4.99 Å². The van der Waals surface area contributed by atoms with Crippen LogP contribution in [0.15, 0.2) is 71.5 Å². The van der Waals surface area contributed by atoms with E-state index in [1.165, 1.54) is 42.6 Å². The summed E-state index contributed by atoms with van der Waals surface area (Å²) in [4.78, 5) is 23.8. The van der Waals surface area contributed by atoms with E-state index in [0.29, 0.717) is 16.8 Å². The van der Waals surface area contributed by atoms with Gasteiger partial charge in [-0.3, -0.25) is 4.99 Å². The molecule has 3 N–H and O–H groups in total. The van der Waals surface area contributed by atoms with Crippen molar-refractivity contribution in [3.8, 4) is 0 Å². The summed E-state index contributed by atoms with van der Waals surface area (Å²) in [6.07, 6.45) is 0.0289. The molecule has 4 rings (SSSR count). The van der Waals surface area contributed by atoms with Gasteiger partial charge in [0.25, 0.3) is 0 Å². The third-order valence-electron chi connectivity index (χ3n) is 4.83. The topological polar surface area (TPSA) is 86.7 Å². The van der Waals surface area contributed by atoms with Gasteiger partial charge in [0.2, 0.25) is 0 Å². The van der Waals surface area contributed by atoms with Crippen molar-refractivity contribution >= 4 is 35.2 Å². The first-order valence-corrected chi connectivity index (χ1v) is 9.66. The average Bonchev–Trinajstić information content (AvgIpc) is 3.41. The molecule has 0 saturated heterocycles. The summed E-state index contributed by atoms with van der Waals surface area (Å²) in [6.45, 7) is 0. The minimum absolute atomic E-state index is 0.0760. The van der Waals surface area contributed by atoms with Gasteiger partial charge in [-0.25, -0.2) is 4.79 Å². The molecule has 164 valence electrons. The maximum absolute atomic E-state index is 13.7. The lowest BCUT2D eigenvalue weighted by molar-refractivity contribution is -0.138. The average molecular weight is 462 g/mol. The van der Waals surface area contributed by atoms with Crippen molar-refractivity contribution in [1.82, 2.24) is 10.5 Å². The van der Waals surface area contributed by atoms with Gasteiger partial charge < -0.3 is 14.9 Å². The number of nitrogens with one attached hydrogen (secondary N) is 2. The molecule has 0 aliphatic carbocycles. The van der Waals surface area contributed by atoms with Gasteiger partial charge in [0.15, 0.2) is 5.76 Å². The number of carboxylic acid groups (broad SMARTS) is 1. The normalized spacial score (nSPS) is 16.6. The lowest BCUT2D eigenvalue weighted by Gasteiger charge is -2.19. The number of alkyl halides is 3. The maximum Gasteiger partial charge on any atom is 0.416 e. The number of carboxylic acids is 1. The largest absolute Gasteiger partial charge is 0.478 e. The highest BCUT2D eigenvalue weighted by molar-refractivity contribution is 6.31. The fraction of sp³-hybridized carbons (Fsp3) is 0.0909. The Hall–Kier alpha value is -3.56. The van der Waals surface area contributed by atoms with Crippen LogP contribution < -0.4 is 5.48 Å². The molecule has 1 unspecified atom stereocenters. The predicted molar refractivity (Wildman–Crippen MR) is 113 cm³/mol. The van der Waals surface area contributed by atoms with Crippen LogP contribution in [0.2, 0.25) is 5.02 Å². The number of nitrogens with zero attached hydrogens (tertiary/aromatic N) is 1. The monoisotopic (exact) mass is 461 g/mol. The number of aromatic nitrogens is 1. The van der Waals surface area contributed by atoms with Crippen LogP contribution in [0.3, 0.4) is 0 Å². The van der Waals surface area contributed by atoms with Crippen LogP contribution in [-0.4, -0.2) is 22.3 Å². The number of hydroxylamine groups is 1. The van der Waals surface area contributed by atoms with Gasteiger partial charge in [0, 0.05) is 40.3 Å². The van der Waals surface area contributed by atoms with E-state index >= 15 is 0 Å². The smallest absolute Gasteiger partial charge is 0.416 e. The number of aromatic carboxylic acids is 1.